The molecule has 1 amide bonds. The SMILES string of the molecule is COc1ccc(OC)c(CCC(=O)Nc2ccn(C)n2)c1. The van der Waals surface area contributed by atoms with Gasteiger partial charge in [0.05, 0.1) is 14.2 Å². The van der Waals surface area contributed by atoms with Crippen molar-refractivity contribution in [2.75, 3.05) is 19.5 Å². The Balaban J connectivity index is 1.97. The molecule has 0 atom stereocenters. The summed E-state index contributed by atoms with van der Waals surface area (Å²) >= 11 is 0. The second-order valence-corrected chi connectivity index (χ2v) is 4.60. The van der Waals surface area contributed by atoms with Gasteiger partial charge in [-0.05, 0) is 30.2 Å². The van der Waals surface area contributed by atoms with Gasteiger partial charge >= 0.3 is 0 Å². The van der Waals surface area contributed by atoms with E-state index in [1.807, 2.05) is 18.2 Å². The molecular formula is C15H19N3O3. The van der Waals surface area contributed by atoms with Crippen LogP contribution in [0.4, 0.5) is 5.82 Å². The standard InChI is InChI=1S/C15H19N3O3/c1-18-9-8-14(17-18)16-15(19)7-4-11-10-12(20-2)5-6-13(11)21-3/h5-6,8-10H,4,7H2,1-3H3,(H,16,17,19). The number of carbonyl (C=O) groups is 1. The van der Waals surface area contributed by atoms with Crippen LogP contribution in [0.1, 0.15) is 12.0 Å². The summed E-state index contributed by atoms with van der Waals surface area (Å²) in [6, 6.07) is 7.30. The molecule has 1 heterocycles. The van der Waals surface area contributed by atoms with E-state index in [9.17, 15) is 4.79 Å². The fourth-order valence-electron chi connectivity index (χ4n) is 2.01. The highest BCUT2D eigenvalue weighted by atomic mass is 16.5. The van der Waals surface area contributed by atoms with Gasteiger partial charge in [-0.3, -0.25) is 9.48 Å². The minimum Gasteiger partial charge on any atom is -0.497 e. The second kappa shape index (κ2) is 6.78. The van der Waals surface area contributed by atoms with Crippen molar-refractivity contribution in [3.05, 3.63) is 36.0 Å². The molecule has 0 saturated carbocycles. The van der Waals surface area contributed by atoms with Gasteiger partial charge in [-0.2, -0.15) is 5.10 Å². The first-order valence-electron chi connectivity index (χ1n) is 6.63. The molecule has 6 heteroatoms. The van der Waals surface area contributed by atoms with E-state index in [1.165, 1.54) is 0 Å². The molecule has 0 aliphatic rings. The number of anilines is 1. The van der Waals surface area contributed by atoms with E-state index in [1.54, 1.807) is 38.2 Å². The predicted octanol–water partition coefficient (Wildman–Crippen LogP) is 2.01. The first-order chi connectivity index (χ1) is 10.1. The number of carbonyl (C=O) groups excluding carboxylic acids is 1. The highest BCUT2D eigenvalue weighted by molar-refractivity contribution is 5.89. The van der Waals surface area contributed by atoms with Crippen LogP contribution >= 0.6 is 0 Å². The Bertz CT molecular complexity index is 622. The number of methoxy groups -OCH3 is 2. The number of ether oxygens (including phenoxy) is 2. The highest BCUT2D eigenvalue weighted by Gasteiger charge is 2.09. The van der Waals surface area contributed by atoms with E-state index in [4.69, 9.17) is 9.47 Å². The molecule has 2 rings (SSSR count). The first-order valence-corrected chi connectivity index (χ1v) is 6.63. The summed E-state index contributed by atoms with van der Waals surface area (Å²) in [6.07, 6.45) is 2.69. The van der Waals surface area contributed by atoms with E-state index in [2.05, 4.69) is 10.4 Å². The average Bonchev–Trinajstić information content (AvgIpc) is 2.89. The Labute approximate surface area is 123 Å². The summed E-state index contributed by atoms with van der Waals surface area (Å²) in [7, 11) is 5.02. The van der Waals surface area contributed by atoms with Crippen LogP contribution in [0.15, 0.2) is 30.5 Å². The largest absolute Gasteiger partial charge is 0.497 e. The lowest BCUT2D eigenvalue weighted by Crippen LogP contribution is -2.13. The van der Waals surface area contributed by atoms with Crippen molar-refractivity contribution in [1.29, 1.82) is 0 Å². The number of nitrogens with one attached hydrogen (secondary N) is 1. The van der Waals surface area contributed by atoms with Gasteiger partial charge in [0.1, 0.15) is 11.5 Å². The second-order valence-electron chi connectivity index (χ2n) is 4.60. The topological polar surface area (TPSA) is 65.4 Å². The molecule has 0 radical (unpaired) electrons. The summed E-state index contributed by atoms with van der Waals surface area (Å²) in [5.74, 6) is 1.97. The molecule has 21 heavy (non-hydrogen) atoms. The Morgan fingerprint density at radius 2 is 2.10 bits per heavy atom. The zero-order valence-electron chi connectivity index (χ0n) is 12.4. The maximum absolute atomic E-state index is 11.9. The molecule has 1 aromatic carbocycles. The average molecular weight is 289 g/mol. The molecule has 1 aromatic heterocycles. The van der Waals surface area contributed by atoms with Gasteiger partial charge in [0, 0.05) is 25.7 Å². The van der Waals surface area contributed by atoms with E-state index < -0.39 is 0 Å². The van der Waals surface area contributed by atoms with Crippen LogP contribution < -0.4 is 14.8 Å². The molecule has 0 saturated heterocycles. The number of aromatic nitrogens is 2. The van der Waals surface area contributed by atoms with E-state index in [0.29, 0.717) is 18.7 Å². The number of rotatable bonds is 6. The number of nitrogens with zero attached hydrogens (tertiary/aromatic N) is 2. The molecule has 0 bridgehead atoms. The van der Waals surface area contributed by atoms with Crippen LogP contribution in [0, 0.1) is 0 Å². The molecular weight excluding hydrogens is 270 g/mol. The first kappa shape index (κ1) is 14.9. The van der Waals surface area contributed by atoms with Crippen LogP contribution in [-0.2, 0) is 18.3 Å². The zero-order chi connectivity index (χ0) is 15.2. The molecule has 2 aromatic rings. The Morgan fingerprint density at radius 3 is 2.71 bits per heavy atom. The molecule has 0 spiro atoms. The van der Waals surface area contributed by atoms with E-state index >= 15 is 0 Å². The highest BCUT2D eigenvalue weighted by Crippen LogP contribution is 2.25. The lowest BCUT2D eigenvalue weighted by Gasteiger charge is -2.10. The number of hydrogen-bond donors (Lipinski definition) is 1. The zero-order valence-corrected chi connectivity index (χ0v) is 12.4. The van der Waals surface area contributed by atoms with Crippen molar-refractivity contribution in [2.45, 2.75) is 12.8 Å². The number of aryl methyl sites for hydroxylation is 2. The van der Waals surface area contributed by atoms with Crippen molar-refractivity contribution in [2.24, 2.45) is 7.05 Å². The van der Waals surface area contributed by atoms with Crippen LogP contribution in [0.2, 0.25) is 0 Å². The van der Waals surface area contributed by atoms with Gasteiger partial charge in [0.2, 0.25) is 5.91 Å². The molecule has 0 fully saturated rings. The number of amides is 1. The van der Waals surface area contributed by atoms with Gasteiger partial charge in [0.25, 0.3) is 0 Å². The fraction of sp³-hybridized carbons (Fsp3) is 0.333. The molecule has 0 aliphatic heterocycles. The van der Waals surface area contributed by atoms with Crippen LogP contribution in [-0.4, -0.2) is 29.9 Å². The molecule has 0 unspecified atom stereocenters. The third-order valence-electron chi connectivity index (χ3n) is 3.09. The Morgan fingerprint density at radius 1 is 1.29 bits per heavy atom. The molecule has 0 aliphatic carbocycles. The minimum atomic E-state index is -0.0847. The van der Waals surface area contributed by atoms with Gasteiger partial charge in [0.15, 0.2) is 5.82 Å². The summed E-state index contributed by atoms with van der Waals surface area (Å²) in [6.45, 7) is 0. The van der Waals surface area contributed by atoms with Gasteiger partial charge in [-0.15, -0.1) is 0 Å². The smallest absolute Gasteiger partial charge is 0.225 e. The Kier molecular flexibility index (Phi) is 4.81. The van der Waals surface area contributed by atoms with Crippen LogP contribution in [0.5, 0.6) is 11.5 Å². The van der Waals surface area contributed by atoms with E-state index in [-0.39, 0.29) is 5.91 Å². The third kappa shape index (κ3) is 3.98. The minimum absolute atomic E-state index is 0.0847. The predicted molar refractivity (Wildman–Crippen MR) is 79.7 cm³/mol. The molecule has 6 nitrogen and oxygen atoms in total. The molecule has 112 valence electrons. The summed E-state index contributed by atoms with van der Waals surface area (Å²) in [5, 5.41) is 6.86. The summed E-state index contributed by atoms with van der Waals surface area (Å²) in [5.41, 5.74) is 0.938. The number of benzene rings is 1. The van der Waals surface area contributed by atoms with Gasteiger partial charge in [-0.25, -0.2) is 0 Å². The monoisotopic (exact) mass is 289 g/mol. The maximum Gasteiger partial charge on any atom is 0.225 e. The van der Waals surface area contributed by atoms with Crippen molar-refractivity contribution in [3.63, 3.8) is 0 Å². The van der Waals surface area contributed by atoms with Crippen LogP contribution in [0.25, 0.3) is 0 Å². The summed E-state index contributed by atoms with van der Waals surface area (Å²) in [4.78, 5) is 11.9. The van der Waals surface area contributed by atoms with Crippen molar-refractivity contribution >= 4 is 11.7 Å². The Hall–Kier alpha value is -2.50. The van der Waals surface area contributed by atoms with Gasteiger partial charge in [-0.1, -0.05) is 0 Å². The normalized spacial score (nSPS) is 10.2. The van der Waals surface area contributed by atoms with Crippen molar-refractivity contribution in [1.82, 2.24) is 9.78 Å². The van der Waals surface area contributed by atoms with Crippen LogP contribution in [0.3, 0.4) is 0 Å². The van der Waals surface area contributed by atoms with E-state index in [0.717, 1.165) is 17.1 Å². The third-order valence-corrected chi connectivity index (χ3v) is 3.09. The van der Waals surface area contributed by atoms with Crippen molar-refractivity contribution < 1.29 is 14.3 Å². The van der Waals surface area contributed by atoms with Crippen molar-refractivity contribution in [3.8, 4) is 11.5 Å². The molecule has 1 N–H and O–H groups in total. The quantitative estimate of drug-likeness (QED) is 0.883. The number of hydrogen-bond acceptors (Lipinski definition) is 4. The maximum atomic E-state index is 11.9. The fourth-order valence-corrected chi connectivity index (χ4v) is 2.01. The lowest BCUT2D eigenvalue weighted by atomic mass is 10.1. The van der Waals surface area contributed by atoms with Gasteiger partial charge < -0.3 is 14.8 Å². The lowest BCUT2D eigenvalue weighted by molar-refractivity contribution is -0.116. The summed E-state index contributed by atoms with van der Waals surface area (Å²) < 4.78 is 12.1.